The summed E-state index contributed by atoms with van der Waals surface area (Å²) >= 11 is 1.22. The molecule has 4 rings (SSSR count). The average Bonchev–Trinajstić information content (AvgIpc) is 3.31. The van der Waals surface area contributed by atoms with Crippen molar-refractivity contribution in [1.29, 1.82) is 0 Å². The highest BCUT2D eigenvalue weighted by atomic mass is 32.2. The Labute approximate surface area is 169 Å². The Kier molecular flexibility index (Phi) is 5.03. The van der Waals surface area contributed by atoms with Crippen LogP contribution in [-0.4, -0.2) is 43.6 Å². The number of benzene rings is 1. The number of aryl methyl sites for hydroxylation is 2. The summed E-state index contributed by atoms with van der Waals surface area (Å²) in [4.78, 5) is 3.04. The average molecular weight is 418 g/mol. The van der Waals surface area contributed by atoms with Gasteiger partial charge in [-0.1, -0.05) is 17.3 Å². The Morgan fingerprint density at radius 3 is 2.64 bits per heavy atom. The van der Waals surface area contributed by atoms with Gasteiger partial charge >= 0.3 is 0 Å². The number of rotatable bonds is 4. The van der Waals surface area contributed by atoms with Crippen molar-refractivity contribution < 1.29 is 12.9 Å². The van der Waals surface area contributed by atoms with Gasteiger partial charge in [-0.05, 0) is 50.6 Å². The van der Waals surface area contributed by atoms with Gasteiger partial charge < -0.3 is 9.42 Å². The van der Waals surface area contributed by atoms with Gasteiger partial charge in [0, 0.05) is 37.4 Å². The van der Waals surface area contributed by atoms with Gasteiger partial charge in [-0.15, -0.1) is 11.3 Å². The molecule has 0 unspecified atom stereocenters. The summed E-state index contributed by atoms with van der Waals surface area (Å²) < 4.78 is 33.5. The molecule has 0 aliphatic carbocycles. The topological polar surface area (TPSA) is 66.7 Å². The summed E-state index contributed by atoms with van der Waals surface area (Å²) in [6, 6.07) is 13.7. The molecule has 0 bridgehead atoms. The highest BCUT2D eigenvalue weighted by molar-refractivity contribution is 7.91. The Morgan fingerprint density at radius 2 is 1.96 bits per heavy atom. The monoisotopic (exact) mass is 417 g/mol. The molecule has 8 heteroatoms. The maximum atomic E-state index is 13.2. The molecule has 0 saturated carbocycles. The van der Waals surface area contributed by atoms with Crippen LogP contribution in [0.4, 0.5) is 5.69 Å². The van der Waals surface area contributed by atoms with E-state index in [1.807, 2.05) is 19.1 Å². The molecule has 0 spiro atoms. The Morgan fingerprint density at radius 1 is 1.14 bits per heavy atom. The quantitative estimate of drug-likeness (QED) is 0.644. The van der Waals surface area contributed by atoms with Crippen LogP contribution in [0.2, 0.25) is 0 Å². The molecular weight excluding hydrogens is 394 g/mol. The van der Waals surface area contributed by atoms with Crippen molar-refractivity contribution in [3.8, 4) is 10.6 Å². The number of piperazine rings is 1. The molecule has 1 aromatic carbocycles. The van der Waals surface area contributed by atoms with E-state index in [9.17, 15) is 8.42 Å². The second-order valence-corrected chi connectivity index (χ2v) is 10.4. The number of hydrogen-bond donors (Lipinski definition) is 0. The van der Waals surface area contributed by atoms with Gasteiger partial charge in [0.05, 0.1) is 10.6 Å². The van der Waals surface area contributed by atoms with Gasteiger partial charge in [-0.3, -0.25) is 0 Å². The number of aromatic nitrogens is 1. The molecular formula is C20H23N3O3S2. The van der Waals surface area contributed by atoms with Gasteiger partial charge in [0.1, 0.15) is 4.21 Å². The van der Waals surface area contributed by atoms with Crippen LogP contribution in [0, 0.1) is 13.8 Å². The lowest BCUT2D eigenvalue weighted by molar-refractivity contribution is 0.343. The summed E-state index contributed by atoms with van der Waals surface area (Å²) in [5.41, 5.74) is 3.12. The van der Waals surface area contributed by atoms with Gasteiger partial charge in [0.15, 0.2) is 5.76 Å². The molecule has 28 heavy (non-hydrogen) atoms. The zero-order chi connectivity index (χ0) is 19.9. The maximum absolute atomic E-state index is 13.2. The minimum absolute atomic E-state index is 0.0988. The van der Waals surface area contributed by atoms with Crippen LogP contribution < -0.4 is 4.90 Å². The van der Waals surface area contributed by atoms with E-state index in [2.05, 4.69) is 42.1 Å². The molecule has 1 aliphatic rings. The predicted octanol–water partition coefficient (Wildman–Crippen LogP) is 3.92. The van der Waals surface area contributed by atoms with Crippen LogP contribution in [0.5, 0.6) is 0 Å². The molecule has 3 aromatic rings. The highest BCUT2D eigenvalue weighted by Crippen LogP contribution is 2.33. The van der Waals surface area contributed by atoms with E-state index in [0.717, 1.165) is 16.3 Å². The number of sulfonamides is 1. The first-order valence-corrected chi connectivity index (χ1v) is 11.5. The zero-order valence-electron chi connectivity index (χ0n) is 16.1. The number of hydrogen-bond acceptors (Lipinski definition) is 6. The normalized spacial score (nSPS) is 18.5. The molecule has 6 nitrogen and oxygen atoms in total. The van der Waals surface area contributed by atoms with E-state index < -0.39 is 10.0 Å². The molecule has 3 heterocycles. The van der Waals surface area contributed by atoms with E-state index >= 15 is 0 Å². The van der Waals surface area contributed by atoms with Crippen molar-refractivity contribution >= 4 is 27.0 Å². The van der Waals surface area contributed by atoms with Gasteiger partial charge in [0.25, 0.3) is 10.0 Å². The molecule has 1 fully saturated rings. The fraction of sp³-hybridized carbons (Fsp3) is 0.350. The summed E-state index contributed by atoms with van der Waals surface area (Å²) in [6.45, 7) is 7.58. The van der Waals surface area contributed by atoms with E-state index in [1.165, 1.54) is 16.9 Å². The first kappa shape index (κ1) is 19.2. The lowest BCUT2D eigenvalue weighted by atomic mass is 10.1. The fourth-order valence-electron chi connectivity index (χ4n) is 3.53. The van der Waals surface area contributed by atoms with Gasteiger partial charge in [0.2, 0.25) is 0 Å². The summed E-state index contributed by atoms with van der Waals surface area (Å²) in [5.74, 6) is 0.599. The maximum Gasteiger partial charge on any atom is 0.252 e. The Bertz CT molecular complexity index is 1090. The predicted molar refractivity (Wildman–Crippen MR) is 111 cm³/mol. The summed E-state index contributed by atoms with van der Waals surface area (Å²) in [6.07, 6.45) is 0. The van der Waals surface area contributed by atoms with Crippen molar-refractivity contribution in [2.75, 3.05) is 24.5 Å². The third kappa shape index (κ3) is 3.59. The second kappa shape index (κ2) is 7.35. The minimum Gasteiger partial charge on any atom is -0.366 e. The first-order chi connectivity index (χ1) is 13.3. The molecule has 0 N–H and O–H groups in total. The lowest BCUT2D eigenvalue weighted by Gasteiger charge is -2.40. The van der Waals surface area contributed by atoms with Crippen LogP contribution in [-0.2, 0) is 10.0 Å². The highest BCUT2D eigenvalue weighted by Gasteiger charge is 2.33. The summed E-state index contributed by atoms with van der Waals surface area (Å²) in [7, 11) is -3.53. The number of nitrogens with zero attached hydrogens (tertiary/aromatic N) is 3. The molecule has 0 amide bonds. The molecule has 0 radical (unpaired) electrons. The van der Waals surface area contributed by atoms with Crippen LogP contribution >= 0.6 is 11.3 Å². The Hall–Kier alpha value is -2.16. The molecule has 148 valence electrons. The van der Waals surface area contributed by atoms with Crippen LogP contribution in [0.15, 0.2) is 51.2 Å². The molecule has 1 saturated heterocycles. The number of anilines is 1. The number of thiophene rings is 1. The zero-order valence-corrected chi connectivity index (χ0v) is 17.8. The lowest BCUT2D eigenvalue weighted by Crippen LogP contribution is -2.53. The largest absolute Gasteiger partial charge is 0.366 e. The van der Waals surface area contributed by atoms with Crippen molar-refractivity contribution in [2.45, 2.75) is 31.0 Å². The standard InChI is InChI=1S/C20H23N3O3S2/c1-14-5-4-6-17(11-14)23-10-9-22(13-16(23)3)28(24,25)20-8-7-19(27-20)18-12-15(2)21-26-18/h4-8,11-12,16H,9-10,13H2,1-3H3/t16-/m0/s1. The van der Waals surface area contributed by atoms with E-state index in [4.69, 9.17) is 4.52 Å². The summed E-state index contributed by atoms with van der Waals surface area (Å²) in [5, 5.41) is 3.87. The van der Waals surface area contributed by atoms with Crippen LogP contribution in [0.3, 0.4) is 0 Å². The third-order valence-corrected chi connectivity index (χ3v) is 8.40. The SMILES string of the molecule is Cc1cccc(N2CCN(S(=O)(=O)c3ccc(-c4cc(C)no4)s3)C[C@@H]2C)c1. The molecule has 2 aromatic heterocycles. The third-order valence-electron chi connectivity index (χ3n) is 4.97. The van der Waals surface area contributed by atoms with E-state index in [-0.39, 0.29) is 6.04 Å². The van der Waals surface area contributed by atoms with Crippen molar-refractivity contribution in [1.82, 2.24) is 9.46 Å². The fourth-order valence-corrected chi connectivity index (χ4v) is 6.45. The Balaban J connectivity index is 1.52. The second-order valence-electron chi connectivity index (χ2n) is 7.20. The minimum atomic E-state index is -3.53. The van der Waals surface area contributed by atoms with Crippen molar-refractivity contribution in [2.24, 2.45) is 0 Å². The van der Waals surface area contributed by atoms with Gasteiger partial charge in [-0.25, -0.2) is 8.42 Å². The molecule has 1 aliphatic heterocycles. The van der Waals surface area contributed by atoms with Crippen molar-refractivity contribution in [3.05, 3.63) is 53.7 Å². The van der Waals surface area contributed by atoms with E-state index in [1.54, 1.807) is 16.4 Å². The van der Waals surface area contributed by atoms with E-state index in [0.29, 0.717) is 29.6 Å². The van der Waals surface area contributed by atoms with Crippen molar-refractivity contribution in [3.63, 3.8) is 0 Å². The smallest absolute Gasteiger partial charge is 0.252 e. The van der Waals surface area contributed by atoms with Crippen LogP contribution in [0.1, 0.15) is 18.2 Å². The first-order valence-electron chi connectivity index (χ1n) is 9.21. The van der Waals surface area contributed by atoms with Crippen LogP contribution in [0.25, 0.3) is 10.6 Å². The molecule has 1 atom stereocenters. The van der Waals surface area contributed by atoms with Gasteiger partial charge in [-0.2, -0.15) is 4.31 Å².